The average molecular weight is 285 g/mol. The van der Waals surface area contributed by atoms with Gasteiger partial charge in [-0.3, -0.25) is 9.59 Å². The van der Waals surface area contributed by atoms with Crippen molar-refractivity contribution < 1.29 is 34.1 Å². The van der Waals surface area contributed by atoms with Crippen LogP contribution in [0.1, 0.15) is 23.2 Å². The number of carbonyl (C=O) groups excluding carboxylic acids is 1. The highest BCUT2D eigenvalue weighted by molar-refractivity contribution is 5.99. The zero-order chi connectivity index (χ0) is 15.3. The molecule has 0 aliphatic carbocycles. The second-order valence-electron chi connectivity index (χ2n) is 3.93. The number of carboxylic acids is 2. The molecule has 0 saturated carbocycles. The lowest BCUT2D eigenvalue weighted by atomic mass is 10.1. The number of rotatable bonds is 6. The van der Waals surface area contributed by atoms with Crippen molar-refractivity contribution in [3.8, 4) is 5.75 Å². The highest BCUT2D eigenvalue weighted by atomic mass is 19.1. The van der Waals surface area contributed by atoms with Crippen LogP contribution in [0.4, 0.5) is 4.39 Å². The number of amides is 1. The summed E-state index contributed by atoms with van der Waals surface area (Å²) in [6.45, 7) is 0. The third kappa shape index (κ3) is 3.94. The van der Waals surface area contributed by atoms with Crippen LogP contribution in [-0.4, -0.2) is 39.2 Å². The smallest absolute Gasteiger partial charge is 0.326 e. The molecule has 108 valence electrons. The minimum Gasteiger partial charge on any atom is -0.507 e. The Balaban J connectivity index is 2.86. The van der Waals surface area contributed by atoms with Gasteiger partial charge in [-0.05, 0) is 18.6 Å². The van der Waals surface area contributed by atoms with Crippen molar-refractivity contribution in [1.29, 1.82) is 0 Å². The molecule has 0 aliphatic heterocycles. The predicted molar refractivity (Wildman–Crippen MR) is 63.8 cm³/mol. The number of aromatic hydroxyl groups is 1. The largest absolute Gasteiger partial charge is 0.507 e. The Morgan fingerprint density at radius 2 is 1.90 bits per heavy atom. The van der Waals surface area contributed by atoms with Gasteiger partial charge in [-0.25, -0.2) is 9.18 Å². The minimum absolute atomic E-state index is 0.356. The molecular weight excluding hydrogens is 273 g/mol. The molecule has 0 aromatic heterocycles. The summed E-state index contributed by atoms with van der Waals surface area (Å²) in [5.41, 5.74) is -0.686. The van der Waals surface area contributed by atoms with Gasteiger partial charge in [0.05, 0.1) is 0 Å². The van der Waals surface area contributed by atoms with Crippen LogP contribution in [0.2, 0.25) is 0 Å². The van der Waals surface area contributed by atoms with Crippen LogP contribution in [0.25, 0.3) is 0 Å². The third-order valence-corrected chi connectivity index (χ3v) is 2.47. The first kappa shape index (κ1) is 15.4. The van der Waals surface area contributed by atoms with Crippen molar-refractivity contribution in [1.82, 2.24) is 5.32 Å². The zero-order valence-electron chi connectivity index (χ0n) is 10.2. The first-order valence-electron chi connectivity index (χ1n) is 5.56. The molecule has 4 N–H and O–H groups in total. The first-order valence-corrected chi connectivity index (χ1v) is 5.56. The summed E-state index contributed by atoms with van der Waals surface area (Å²) in [6, 6.07) is 1.70. The van der Waals surface area contributed by atoms with Gasteiger partial charge in [-0.1, -0.05) is 6.07 Å². The molecule has 1 atom stereocenters. The van der Waals surface area contributed by atoms with Crippen molar-refractivity contribution in [2.24, 2.45) is 0 Å². The van der Waals surface area contributed by atoms with Crippen LogP contribution < -0.4 is 5.32 Å². The summed E-state index contributed by atoms with van der Waals surface area (Å²) in [4.78, 5) is 33.0. The number of phenolic OH excluding ortho intramolecular Hbond substituents is 1. The SMILES string of the molecule is O=C(O)CC[C@H](NC(=O)c1c(O)cccc1F)C(=O)O. The minimum atomic E-state index is -1.49. The quantitative estimate of drug-likeness (QED) is 0.606. The van der Waals surface area contributed by atoms with E-state index >= 15 is 0 Å². The van der Waals surface area contributed by atoms with Crippen LogP contribution in [0.5, 0.6) is 5.75 Å². The first-order chi connectivity index (χ1) is 9.32. The van der Waals surface area contributed by atoms with E-state index in [1.165, 1.54) is 6.07 Å². The number of hydrogen-bond acceptors (Lipinski definition) is 4. The molecule has 1 aromatic carbocycles. The van der Waals surface area contributed by atoms with Crippen LogP contribution in [0.15, 0.2) is 18.2 Å². The second kappa shape index (κ2) is 6.50. The topological polar surface area (TPSA) is 124 Å². The molecule has 0 radical (unpaired) electrons. The number of halogens is 1. The molecule has 7 nitrogen and oxygen atoms in total. The van der Waals surface area contributed by atoms with E-state index in [1.54, 1.807) is 0 Å². The van der Waals surface area contributed by atoms with Gasteiger partial charge in [-0.2, -0.15) is 0 Å². The number of hydrogen-bond donors (Lipinski definition) is 4. The highest BCUT2D eigenvalue weighted by Gasteiger charge is 2.24. The fourth-order valence-corrected chi connectivity index (χ4v) is 1.49. The number of carbonyl (C=O) groups is 3. The van der Waals surface area contributed by atoms with E-state index in [1.807, 2.05) is 5.32 Å². The maximum absolute atomic E-state index is 13.4. The number of benzene rings is 1. The molecule has 20 heavy (non-hydrogen) atoms. The van der Waals surface area contributed by atoms with E-state index in [4.69, 9.17) is 10.2 Å². The summed E-state index contributed by atoms with van der Waals surface area (Å²) in [5.74, 6) is -5.44. The standard InChI is InChI=1S/C12H12FNO6/c13-6-2-1-3-8(15)10(6)11(18)14-7(12(19)20)4-5-9(16)17/h1-3,7,15H,4-5H2,(H,14,18)(H,16,17)(H,19,20)/t7-/m0/s1. The summed E-state index contributed by atoms with van der Waals surface area (Å²) in [6.07, 6.45) is -0.827. The number of aliphatic carboxylic acids is 2. The monoisotopic (exact) mass is 285 g/mol. The number of carboxylic acid groups (broad SMARTS) is 2. The van der Waals surface area contributed by atoms with E-state index < -0.39 is 47.4 Å². The molecule has 1 rings (SSSR count). The summed E-state index contributed by atoms with van der Waals surface area (Å²) < 4.78 is 13.4. The Labute approximate surface area is 112 Å². The summed E-state index contributed by atoms with van der Waals surface area (Å²) in [7, 11) is 0. The van der Waals surface area contributed by atoms with Crippen molar-refractivity contribution in [3.63, 3.8) is 0 Å². The summed E-state index contributed by atoms with van der Waals surface area (Å²) in [5, 5.41) is 28.7. The van der Waals surface area contributed by atoms with Gasteiger partial charge >= 0.3 is 11.9 Å². The molecule has 8 heteroatoms. The molecule has 0 fully saturated rings. The average Bonchev–Trinajstić information content (AvgIpc) is 2.33. The third-order valence-electron chi connectivity index (χ3n) is 2.47. The molecule has 0 bridgehead atoms. The molecule has 0 saturated heterocycles. The van der Waals surface area contributed by atoms with Gasteiger partial charge in [0, 0.05) is 6.42 Å². The van der Waals surface area contributed by atoms with Crippen LogP contribution in [0.3, 0.4) is 0 Å². The lowest BCUT2D eigenvalue weighted by Crippen LogP contribution is -2.41. The Morgan fingerprint density at radius 1 is 1.25 bits per heavy atom. The van der Waals surface area contributed by atoms with E-state index in [9.17, 15) is 23.9 Å². The molecule has 1 aromatic rings. The van der Waals surface area contributed by atoms with Gasteiger partial charge in [0.2, 0.25) is 0 Å². The Bertz CT molecular complexity index is 524. The maximum atomic E-state index is 13.4. The number of nitrogens with one attached hydrogen (secondary N) is 1. The molecule has 0 unspecified atom stereocenters. The van der Waals surface area contributed by atoms with Crippen molar-refractivity contribution in [2.45, 2.75) is 18.9 Å². The lowest BCUT2D eigenvalue weighted by molar-refractivity contribution is -0.140. The molecule has 0 spiro atoms. The lowest BCUT2D eigenvalue weighted by Gasteiger charge is -2.14. The second-order valence-corrected chi connectivity index (χ2v) is 3.93. The van der Waals surface area contributed by atoms with Crippen molar-refractivity contribution >= 4 is 17.8 Å². The van der Waals surface area contributed by atoms with E-state index in [-0.39, 0.29) is 6.42 Å². The predicted octanol–water partition coefficient (Wildman–Crippen LogP) is 0.579. The van der Waals surface area contributed by atoms with Gasteiger partial charge in [0.1, 0.15) is 23.2 Å². The van der Waals surface area contributed by atoms with Crippen LogP contribution in [0, 0.1) is 5.82 Å². The van der Waals surface area contributed by atoms with E-state index in [0.29, 0.717) is 0 Å². The molecular formula is C12H12FNO6. The molecule has 1 amide bonds. The zero-order valence-corrected chi connectivity index (χ0v) is 10.2. The maximum Gasteiger partial charge on any atom is 0.326 e. The van der Waals surface area contributed by atoms with Gasteiger partial charge in [0.15, 0.2) is 0 Å². The van der Waals surface area contributed by atoms with Crippen molar-refractivity contribution in [3.05, 3.63) is 29.6 Å². The van der Waals surface area contributed by atoms with Crippen molar-refractivity contribution in [2.75, 3.05) is 0 Å². The van der Waals surface area contributed by atoms with Gasteiger partial charge in [0.25, 0.3) is 5.91 Å². The van der Waals surface area contributed by atoms with Crippen LogP contribution in [-0.2, 0) is 9.59 Å². The summed E-state index contributed by atoms with van der Waals surface area (Å²) >= 11 is 0. The Kier molecular flexibility index (Phi) is 5.01. The normalized spacial score (nSPS) is 11.7. The molecule has 0 heterocycles. The molecule has 0 aliphatic rings. The highest BCUT2D eigenvalue weighted by Crippen LogP contribution is 2.19. The van der Waals surface area contributed by atoms with Gasteiger partial charge < -0.3 is 20.6 Å². The number of phenols is 1. The van der Waals surface area contributed by atoms with E-state index in [2.05, 4.69) is 0 Å². The van der Waals surface area contributed by atoms with Gasteiger partial charge in [-0.15, -0.1) is 0 Å². The van der Waals surface area contributed by atoms with E-state index in [0.717, 1.165) is 12.1 Å². The fourth-order valence-electron chi connectivity index (χ4n) is 1.49. The van der Waals surface area contributed by atoms with Crippen LogP contribution >= 0.6 is 0 Å². The fraction of sp³-hybridized carbons (Fsp3) is 0.250. The Hall–Kier alpha value is -2.64. The Morgan fingerprint density at radius 3 is 2.40 bits per heavy atom.